The summed E-state index contributed by atoms with van der Waals surface area (Å²) < 4.78 is 25.4. The highest BCUT2D eigenvalue weighted by Crippen LogP contribution is 2.29. The molecule has 0 fully saturated rings. The Labute approximate surface area is 64.8 Å². The first-order chi connectivity index (χ1) is 4.27. The van der Waals surface area contributed by atoms with E-state index >= 15 is 0 Å². The predicted molar refractivity (Wildman–Crippen MR) is 39.7 cm³/mol. The van der Waals surface area contributed by atoms with E-state index in [1.165, 1.54) is 13.8 Å². The molecule has 0 aliphatic rings. The highest BCUT2D eigenvalue weighted by molar-refractivity contribution is 7.81. The molecule has 0 rings (SSSR count). The van der Waals surface area contributed by atoms with Crippen molar-refractivity contribution in [3.05, 3.63) is 0 Å². The van der Waals surface area contributed by atoms with Crippen LogP contribution in [0, 0.1) is 0 Å². The van der Waals surface area contributed by atoms with Gasteiger partial charge in [0.05, 0.1) is 6.61 Å². The van der Waals surface area contributed by atoms with Gasteiger partial charge in [0.2, 0.25) is 0 Å². The number of hydrogen-bond donors (Lipinski definition) is 2. The van der Waals surface area contributed by atoms with Gasteiger partial charge in [0.25, 0.3) is 0 Å². The summed E-state index contributed by atoms with van der Waals surface area (Å²) in [6.45, 7) is 1.73. The van der Waals surface area contributed by atoms with E-state index in [4.69, 9.17) is 5.11 Å². The SMILES string of the molecule is CC(C)(F)CC(F)(S)CO. The predicted octanol–water partition coefficient (Wildman–Crippen LogP) is 1.71. The second-order valence-electron chi connectivity index (χ2n) is 2.97. The average molecular weight is 170 g/mol. The fraction of sp³-hybridized carbons (Fsp3) is 1.00. The van der Waals surface area contributed by atoms with Crippen molar-refractivity contribution in [1.29, 1.82) is 0 Å². The summed E-state index contributed by atoms with van der Waals surface area (Å²) in [6, 6.07) is 0. The maximum atomic E-state index is 12.7. The molecule has 0 saturated carbocycles. The largest absolute Gasteiger partial charge is 0.392 e. The molecule has 1 nitrogen and oxygen atoms in total. The van der Waals surface area contributed by atoms with Crippen molar-refractivity contribution in [2.75, 3.05) is 6.61 Å². The van der Waals surface area contributed by atoms with E-state index in [-0.39, 0.29) is 0 Å². The van der Waals surface area contributed by atoms with Crippen LogP contribution in [0.3, 0.4) is 0 Å². The van der Waals surface area contributed by atoms with Crippen LogP contribution < -0.4 is 0 Å². The average Bonchev–Trinajstić information content (AvgIpc) is 1.60. The molecule has 0 radical (unpaired) electrons. The highest BCUT2D eigenvalue weighted by atomic mass is 32.1. The smallest absolute Gasteiger partial charge is 0.179 e. The van der Waals surface area contributed by atoms with Gasteiger partial charge in [-0.2, -0.15) is 0 Å². The Morgan fingerprint density at radius 2 is 1.80 bits per heavy atom. The van der Waals surface area contributed by atoms with Crippen molar-refractivity contribution in [2.24, 2.45) is 0 Å². The fourth-order valence-corrected chi connectivity index (χ4v) is 1.08. The summed E-state index contributed by atoms with van der Waals surface area (Å²) in [7, 11) is 0. The third-order valence-electron chi connectivity index (χ3n) is 0.934. The Morgan fingerprint density at radius 1 is 1.40 bits per heavy atom. The van der Waals surface area contributed by atoms with Crippen LogP contribution in [0.1, 0.15) is 20.3 Å². The van der Waals surface area contributed by atoms with Crippen molar-refractivity contribution in [3.8, 4) is 0 Å². The van der Waals surface area contributed by atoms with E-state index in [0.717, 1.165) is 0 Å². The van der Waals surface area contributed by atoms with Gasteiger partial charge < -0.3 is 5.11 Å². The van der Waals surface area contributed by atoms with Crippen LogP contribution in [0.2, 0.25) is 0 Å². The molecular formula is C6H12F2OS. The lowest BCUT2D eigenvalue weighted by molar-refractivity contribution is 0.0800. The lowest BCUT2D eigenvalue weighted by Crippen LogP contribution is -2.29. The molecule has 4 heteroatoms. The fourth-order valence-electron chi connectivity index (χ4n) is 0.700. The van der Waals surface area contributed by atoms with Crippen molar-refractivity contribution in [2.45, 2.75) is 30.9 Å². The normalized spacial score (nSPS) is 18.6. The molecule has 1 unspecified atom stereocenters. The summed E-state index contributed by atoms with van der Waals surface area (Å²) in [6.07, 6.45) is -0.403. The number of rotatable bonds is 3. The van der Waals surface area contributed by atoms with Gasteiger partial charge in [-0.05, 0) is 13.8 Å². The van der Waals surface area contributed by atoms with Gasteiger partial charge in [-0.3, -0.25) is 0 Å². The zero-order chi connectivity index (χ0) is 8.41. The zero-order valence-electron chi connectivity index (χ0n) is 6.06. The molecule has 0 aliphatic heterocycles. The first-order valence-corrected chi connectivity index (χ1v) is 3.43. The third-order valence-corrected chi connectivity index (χ3v) is 1.23. The van der Waals surface area contributed by atoms with Crippen LogP contribution in [0.4, 0.5) is 8.78 Å². The Morgan fingerprint density at radius 3 is 1.90 bits per heavy atom. The molecule has 0 aromatic rings. The van der Waals surface area contributed by atoms with Crippen molar-refractivity contribution < 1.29 is 13.9 Å². The van der Waals surface area contributed by atoms with Crippen LogP contribution in [0.25, 0.3) is 0 Å². The first kappa shape index (κ1) is 10.2. The molecular weight excluding hydrogens is 158 g/mol. The summed E-state index contributed by atoms with van der Waals surface area (Å²) in [5, 5.41) is 6.24. The van der Waals surface area contributed by atoms with E-state index in [1.807, 2.05) is 0 Å². The van der Waals surface area contributed by atoms with Gasteiger partial charge in [-0.25, -0.2) is 8.78 Å². The summed E-state index contributed by atoms with van der Waals surface area (Å²) in [5.41, 5.74) is -1.63. The molecule has 0 saturated heterocycles. The molecule has 0 amide bonds. The van der Waals surface area contributed by atoms with Gasteiger partial charge in [-0.1, -0.05) is 0 Å². The van der Waals surface area contributed by atoms with Crippen molar-refractivity contribution in [1.82, 2.24) is 0 Å². The Bertz CT molecular complexity index is 109. The van der Waals surface area contributed by atoms with Gasteiger partial charge >= 0.3 is 0 Å². The number of aliphatic hydroxyl groups excluding tert-OH is 1. The van der Waals surface area contributed by atoms with Crippen LogP contribution >= 0.6 is 12.6 Å². The van der Waals surface area contributed by atoms with E-state index in [0.29, 0.717) is 0 Å². The maximum absolute atomic E-state index is 12.7. The minimum Gasteiger partial charge on any atom is -0.392 e. The first-order valence-electron chi connectivity index (χ1n) is 2.98. The molecule has 1 atom stereocenters. The minimum absolute atomic E-state index is 0.403. The molecule has 0 bridgehead atoms. The van der Waals surface area contributed by atoms with Crippen molar-refractivity contribution >= 4 is 12.6 Å². The van der Waals surface area contributed by atoms with Gasteiger partial charge in [0.1, 0.15) is 5.67 Å². The van der Waals surface area contributed by atoms with Crippen LogP contribution in [-0.4, -0.2) is 22.4 Å². The van der Waals surface area contributed by atoms with Gasteiger partial charge in [0, 0.05) is 6.42 Å². The molecule has 1 N–H and O–H groups in total. The number of hydrogen-bond acceptors (Lipinski definition) is 2. The molecule has 0 spiro atoms. The molecule has 0 aromatic carbocycles. The van der Waals surface area contributed by atoms with Crippen LogP contribution in [0.5, 0.6) is 0 Å². The molecule has 0 aromatic heterocycles. The van der Waals surface area contributed by atoms with Gasteiger partial charge in [0.15, 0.2) is 5.00 Å². The highest BCUT2D eigenvalue weighted by Gasteiger charge is 2.32. The van der Waals surface area contributed by atoms with Crippen LogP contribution in [0.15, 0.2) is 0 Å². The Hall–Kier alpha value is 0.170. The second kappa shape index (κ2) is 3.05. The number of alkyl halides is 2. The standard InChI is InChI=1S/C6H12F2OS/c1-5(2,7)3-6(8,10)4-9/h9-10H,3-4H2,1-2H3. The molecule has 0 heterocycles. The van der Waals surface area contributed by atoms with E-state index in [2.05, 4.69) is 12.6 Å². The third kappa shape index (κ3) is 4.99. The number of aliphatic hydroxyl groups is 1. The molecule has 0 aliphatic carbocycles. The second-order valence-corrected chi connectivity index (χ2v) is 3.77. The Balaban J connectivity index is 3.89. The van der Waals surface area contributed by atoms with E-state index in [9.17, 15) is 8.78 Å². The molecule has 10 heavy (non-hydrogen) atoms. The monoisotopic (exact) mass is 170 g/mol. The topological polar surface area (TPSA) is 20.2 Å². The van der Waals surface area contributed by atoms with Crippen LogP contribution in [-0.2, 0) is 0 Å². The quantitative estimate of drug-likeness (QED) is 0.618. The summed E-state index contributed by atoms with van der Waals surface area (Å²) >= 11 is 3.42. The minimum atomic E-state index is -2.10. The number of halogens is 2. The zero-order valence-corrected chi connectivity index (χ0v) is 6.96. The molecule has 62 valence electrons. The Kier molecular flexibility index (Phi) is 3.10. The van der Waals surface area contributed by atoms with E-state index < -0.39 is 23.7 Å². The van der Waals surface area contributed by atoms with E-state index in [1.54, 1.807) is 0 Å². The lowest BCUT2D eigenvalue weighted by Gasteiger charge is -2.22. The van der Waals surface area contributed by atoms with Gasteiger partial charge in [-0.15, -0.1) is 12.6 Å². The number of thiol groups is 1. The van der Waals surface area contributed by atoms with Crippen molar-refractivity contribution in [3.63, 3.8) is 0 Å². The maximum Gasteiger partial charge on any atom is 0.179 e. The lowest BCUT2D eigenvalue weighted by atomic mass is 10.0. The summed E-state index contributed by atoms with van der Waals surface area (Å²) in [4.78, 5) is 0. The summed E-state index contributed by atoms with van der Waals surface area (Å²) in [5.74, 6) is 0.